The monoisotopic (exact) mass is 496 g/mol. The lowest BCUT2D eigenvalue weighted by Crippen LogP contribution is -2.38. The Morgan fingerprint density at radius 1 is 1.14 bits per heavy atom. The van der Waals surface area contributed by atoms with Crippen molar-refractivity contribution in [2.24, 2.45) is 0 Å². The molecule has 36 heavy (non-hydrogen) atoms. The number of hydrogen-bond donors (Lipinski definition) is 3. The minimum absolute atomic E-state index is 0.108. The molecule has 0 radical (unpaired) electrons. The molecule has 1 aliphatic heterocycles. The van der Waals surface area contributed by atoms with Crippen molar-refractivity contribution in [3.05, 3.63) is 60.0 Å². The van der Waals surface area contributed by atoms with Gasteiger partial charge in [-0.05, 0) is 44.0 Å². The molecule has 4 N–H and O–H groups in total. The maximum Gasteiger partial charge on any atom is 0.416 e. The molecule has 9 nitrogen and oxygen atoms in total. The molecule has 0 spiro atoms. The average molecular weight is 496 g/mol. The zero-order valence-electron chi connectivity index (χ0n) is 19.3. The Balaban J connectivity index is 1.42. The summed E-state index contributed by atoms with van der Waals surface area (Å²) in [4.78, 5) is 25.0. The summed E-state index contributed by atoms with van der Waals surface area (Å²) in [5.74, 6) is -0.478. The van der Waals surface area contributed by atoms with Gasteiger partial charge in [-0.3, -0.25) is 4.79 Å². The number of carbonyl (C=O) groups excluding carboxylic acids is 1. The average Bonchev–Trinajstić information content (AvgIpc) is 3.25. The van der Waals surface area contributed by atoms with E-state index in [1.54, 1.807) is 24.3 Å². The molecule has 5 rings (SSSR count). The van der Waals surface area contributed by atoms with Crippen LogP contribution in [-0.2, 0) is 6.18 Å². The molecule has 1 fully saturated rings. The van der Waals surface area contributed by atoms with Crippen LogP contribution >= 0.6 is 0 Å². The summed E-state index contributed by atoms with van der Waals surface area (Å²) in [5, 5.41) is 11.3. The van der Waals surface area contributed by atoms with E-state index in [-0.39, 0.29) is 17.4 Å². The molecule has 1 saturated heterocycles. The quantitative estimate of drug-likeness (QED) is 0.389. The predicted octanol–water partition coefficient (Wildman–Crippen LogP) is 4.05. The maximum absolute atomic E-state index is 12.9. The standard InChI is InChI=1S/C24H23F3N8O/c1-13-2-7-17(11-30-13)35-22-19(21(28)31-12-32-22)20(34-35)14-3-5-15(6-4-14)23(36)33-18-10-16(8-9-29-18)24(25,26)27/h3-6,8-10,12-13,17,30H,2,7,11H2,1H3,(H2,28,31,32)(H,29,33,36)/t13-,17?/m1/s1. The highest BCUT2D eigenvalue weighted by atomic mass is 19.4. The number of pyridine rings is 1. The fourth-order valence-electron chi connectivity index (χ4n) is 4.29. The molecule has 1 aromatic carbocycles. The van der Waals surface area contributed by atoms with Gasteiger partial charge in [-0.1, -0.05) is 12.1 Å². The normalized spacial score (nSPS) is 18.3. The van der Waals surface area contributed by atoms with Crippen LogP contribution < -0.4 is 16.4 Å². The highest BCUT2D eigenvalue weighted by Crippen LogP contribution is 2.34. The van der Waals surface area contributed by atoms with Crippen LogP contribution in [0.5, 0.6) is 0 Å². The second-order valence-corrected chi connectivity index (χ2v) is 8.75. The number of hydrogen-bond acceptors (Lipinski definition) is 7. The second-order valence-electron chi connectivity index (χ2n) is 8.75. The third-order valence-electron chi connectivity index (χ3n) is 6.25. The van der Waals surface area contributed by atoms with E-state index in [1.807, 2.05) is 4.68 Å². The largest absolute Gasteiger partial charge is 0.416 e. The predicted molar refractivity (Wildman–Crippen MR) is 128 cm³/mol. The van der Waals surface area contributed by atoms with Gasteiger partial charge in [0.15, 0.2) is 5.65 Å². The van der Waals surface area contributed by atoms with Crippen molar-refractivity contribution in [3.8, 4) is 11.3 Å². The lowest BCUT2D eigenvalue weighted by Gasteiger charge is -2.27. The topological polar surface area (TPSA) is 124 Å². The number of nitrogens with zero attached hydrogens (tertiary/aromatic N) is 5. The summed E-state index contributed by atoms with van der Waals surface area (Å²) >= 11 is 0. The molecule has 4 aromatic rings. The summed E-state index contributed by atoms with van der Waals surface area (Å²) in [6, 6.07) is 8.70. The highest BCUT2D eigenvalue weighted by molar-refractivity contribution is 6.04. The molecule has 1 unspecified atom stereocenters. The van der Waals surface area contributed by atoms with Gasteiger partial charge < -0.3 is 16.4 Å². The lowest BCUT2D eigenvalue weighted by atomic mass is 10.0. The number of alkyl halides is 3. The van der Waals surface area contributed by atoms with Crippen molar-refractivity contribution in [3.63, 3.8) is 0 Å². The molecule has 1 amide bonds. The SMILES string of the molecule is C[C@@H]1CCC(n2nc(-c3ccc(C(=O)Nc4cc(C(F)(F)F)ccn4)cc3)c3c(N)ncnc32)CN1. The number of benzene rings is 1. The van der Waals surface area contributed by atoms with E-state index in [1.165, 1.54) is 6.33 Å². The molecule has 1 aliphatic rings. The van der Waals surface area contributed by atoms with E-state index in [0.717, 1.165) is 37.7 Å². The molecule has 12 heteroatoms. The fourth-order valence-corrected chi connectivity index (χ4v) is 4.29. The van der Waals surface area contributed by atoms with Gasteiger partial charge >= 0.3 is 6.18 Å². The molecule has 186 valence electrons. The molecule has 0 saturated carbocycles. The molecule has 4 heterocycles. The number of aromatic nitrogens is 5. The van der Waals surface area contributed by atoms with Crippen LogP contribution in [0.2, 0.25) is 0 Å². The third kappa shape index (κ3) is 4.59. The van der Waals surface area contributed by atoms with E-state index in [0.29, 0.717) is 34.2 Å². The number of amides is 1. The smallest absolute Gasteiger partial charge is 0.383 e. The van der Waals surface area contributed by atoms with Gasteiger partial charge in [-0.15, -0.1) is 0 Å². The van der Waals surface area contributed by atoms with Crippen molar-refractivity contribution < 1.29 is 18.0 Å². The van der Waals surface area contributed by atoms with Gasteiger partial charge in [-0.25, -0.2) is 19.6 Å². The molecular formula is C24H23F3N8O. The first-order valence-electron chi connectivity index (χ1n) is 11.4. The summed E-state index contributed by atoms with van der Waals surface area (Å²) < 4.78 is 40.7. The van der Waals surface area contributed by atoms with E-state index in [4.69, 9.17) is 10.8 Å². The van der Waals surface area contributed by atoms with Crippen molar-refractivity contribution in [2.75, 3.05) is 17.6 Å². The van der Waals surface area contributed by atoms with E-state index >= 15 is 0 Å². The van der Waals surface area contributed by atoms with Gasteiger partial charge in [0.25, 0.3) is 5.91 Å². The van der Waals surface area contributed by atoms with Gasteiger partial charge in [0.1, 0.15) is 23.7 Å². The van der Waals surface area contributed by atoms with Crippen LogP contribution in [0.25, 0.3) is 22.3 Å². The van der Waals surface area contributed by atoms with E-state index in [2.05, 4.69) is 32.5 Å². The number of halogens is 3. The highest BCUT2D eigenvalue weighted by Gasteiger charge is 2.31. The van der Waals surface area contributed by atoms with Crippen LogP contribution in [0, 0.1) is 0 Å². The van der Waals surface area contributed by atoms with Crippen LogP contribution in [0.15, 0.2) is 48.9 Å². The number of nitrogens with one attached hydrogen (secondary N) is 2. The van der Waals surface area contributed by atoms with Crippen molar-refractivity contribution in [1.29, 1.82) is 0 Å². The summed E-state index contributed by atoms with van der Waals surface area (Å²) in [6.07, 6.45) is -0.178. The van der Waals surface area contributed by atoms with Crippen molar-refractivity contribution in [1.82, 2.24) is 30.0 Å². The Labute approximate surface area is 204 Å². The van der Waals surface area contributed by atoms with Crippen LogP contribution in [-0.4, -0.2) is 43.2 Å². The zero-order chi connectivity index (χ0) is 25.4. The Bertz CT molecular complexity index is 1410. The minimum atomic E-state index is -4.53. The van der Waals surface area contributed by atoms with E-state index < -0.39 is 17.6 Å². The Morgan fingerprint density at radius 2 is 1.92 bits per heavy atom. The number of anilines is 2. The number of rotatable bonds is 4. The second kappa shape index (κ2) is 9.19. The van der Waals surface area contributed by atoms with Crippen molar-refractivity contribution >= 4 is 28.6 Å². The first kappa shape index (κ1) is 23.7. The molecule has 3 aromatic heterocycles. The van der Waals surface area contributed by atoms with Crippen molar-refractivity contribution in [2.45, 2.75) is 38.0 Å². The zero-order valence-corrected chi connectivity index (χ0v) is 19.3. The maximum atomic E-state index is 12.9. The lowest BCUT2D eigenvalue weighted by molar-refractivity contribution is -0.137. The molecule has 0 aliphatic carbocycles. The van der Waals surface area contributed by atoms with Gasteiger partial charge in [0.05, 0.1) is 17.0 Å². The van der Waals surface area contributed by atoms with Crippen LogP contribution in [0.3, 0.4) is 0 Å². The number of nitrogens with two attached hydrogens (primary N) is 1. The third-order valence-corrected chi connectivity index (χ3v) is 6.25. The molecule has 2 atom stereocenters. The Morgan fingerprint density at radius 3 is 2.61 bits per heavy atom. The first-order valence-corrected chi connectivity index (χ1v) is 11.4. The summed E-state index contributed by atoms with van der Waals surface area (Å²) in [6.45, 7) is 2.90. The van der Waals surface area contributed by atoms with Gasteiger partial charge in [0.2, 0.25) is 0 Å². The van der Waals surface area contributed by atoms with Crippen LogP contribution in [0.4, 0.5) is 24.8 Å². The first-order chi connectivity index (χ1) is 17.2. The Hall–Kier alpha value is -4.06. The fraction of sp³-hybridized carbons (Fsp3) is 0.292. The molecular weight excluding hydrogens is 473 g/mol. The Kier molecular flexibility index (Phi) is 6.04. The molecule has 0 bridgehead atoms. The number of fused-ring (bicyclic) bond motifs is 1. The van der Waals surface area contributed by atoms with Crippen LogP contribution in [0.1, 0.15) is 41.7 Å². The number of nitrogen functional groups attached to an aromatic ring is 1. The minimum Gasteiger partial charge on any atom is -0.383 e. The number of piperidine rings is 1. The summed E-state index contributed by atoms with van der Waals surface area (Å²) in [7, 11) is 0. The van der Waals surface area contributed by atoms with Gasteiger partial charge in [-0.2, -0.15) is 18.3 Å². The number of carbonyl (C=O) groups is 1. The summed E-state index contributed by atoms with van der Waals surface area (Å²) in [5.41, 5.74) is 7.47. The van der Waals surface area contributed by atoms with E-state index in [9.17, 15) is 18.0 Å². The van der Waals surface area contributed by atoms with Gasteiger partial charge in [0, 0.05) is 29.9 Å².